The third-order valence-corrected chi connectivity index (χ3v) is 4.01. The van der Waals surface area contributed by atoms with Gasteiger partial charge in [-0.2, -0.15) is 0 Å². The summed E-state index contributed by atoms with van der Waals surface area (Å²) in [4.78, 5) is 15.0. The number of rotatable bonds is 7. The topological polar surface area (TPSA) is 77.3 Å². The molecule has 0 unspecified atom stereocenters. The van der Waals surface area contributed by atoms with Crippen molar-refractivity contribution in [2.75, 3.05) is 31.5 Å². The number of aromatic nitrogens is 4. The Morgan fingerprint density at radius 2 is 1.96 bits per heavy atom. The fraction of sp³-hybridized carbons (Fsp3) is 0.278. The molecule has 0 bridgehead atoms. The molecule has 0 saturated carbocycles. The van der Waals surface area contributed by atoms with Gasteiger partial charge in [0.15, 0.2) is 0 Å². The van der Waals surface area contributed by atoms with E-state index in [1.165, 1.54) is 6.33 Å². The van der Waals surface area contributed by atoms with Crippen LogP contribution in [0.25, 0.3) is 0 Å². The molecule has 1 N–H and O–H groups in total. The average molecular weight is 354 g/mol. The molecule has 0 amide bonds. The van der Waals surface area contributed by atoms with E-state index in [-0.39, 0.29) is 0 Å². The smallest absolute Gasteiger partial charge is 0.146 e. The highest BCUT2D eigenvalue weighted by Gasteiger charge is 2.10. The SMILES string of the molecule is COc1ccc(Nc2cc(N(C)Cc3nccn3C)ncn2)c(OC)c1. The lowest BCUT2D eigenvalue weighted by molar-refractivity contribution is 0.395. The Balaban J connectivity index is 1.78. The molecule has 0 aliphatic rings. The number of benzene rings is 1. The second-order valence-corrected chi connectivity index (χ2v) is 5.76. The summed E-state index contributed by atoms with van der Waals surface area (Å²) >= 11 is 0. The molecule has 0 radical (unpaired) electrons. The van der Waals surface area contributed by atoms with Crippen LogP contribution >= 0.6 is 0 Å². The van der Waals surface area contributed by atoms with Crippen molar-refractivity contribution in [3.8, 4) is 11.5 Å². The summed E-state index contributed by atoms with van der Waals surface area (Å²) in [5.74, 6) is 3.82. The largest absolute Gasteiger partial charge is 0.497 e. The summed E-state index contributed by atoms with van der Waals surface area (Å²) in [5, 5.41) is 3.26. The van der Waals surface area contributed by atoms with E-state index in [0.29, 0.717) is 18.1 Å². The Hall–Kier alpha value is -3.29. The Bertz CT molecular complexity index is 880. The highest BCUT2D eigenvalue weighted by molar-refractivity contribution is 5.67. The molecule has 8 heteroatoms. The Morgan fingerprint density at radius 3 is 2.65 bits per heavy atom. The minimum absolute atomic E-state index is 0.645. The third-order valence-electron chi connectivity index (χ3n) is 4.01. The van der Waals surface area contributed by atoms with E-state index >= 15 is 0 Å². The van der Waals surface area contributed by atoms with Crippen molar-refractivity contribution in [1.29, 1.82) is 0 Å². The van der Waals surface area contributed by atoms with Crippen molar-refractivity contribution in [3.63, 3.8) is 0 Å². The Morgan fingerprint density at radius 1 is 1.12 bits per heavy atom. The van der Waals surface area contributed by atoms with Crippen molar-refractivity contribution >= 4 is 17.3 Å². The summed E-state index contributed by atoms with van der Waals surface area (Å²) in [7, 11) is 7.18. The minimum atomic E-state index is 0.645. The van der Waals surface area contributed by atoms with Crippen LogP contribution in [0.15, 0.2) is 43.0 Å². The van der Waals surface area contributed by atoms with Crippen LogP contribution in [0.1, 0.15) is 5.82 Å². The zero-order valence-corrected chi connectivity index (χ0v) is 15.3. The minimum Gasteiger partial charge on any atom is -0.497 e. The Labute approximate surface area is 152 Å². The normalized spacial score (nSPS) is 10.5. The second-order valence-electron chi connectivity index (χ2n) is 5.76. The predicted molar refractivity (Wildman–Crippen MR) is 100 cm³/mol. The van der Waals surface area contributed by atoms with E-state index in [1.54, 1.807) is 20.4 Å². The van der Waals surface area contributed by atoms with Gasteiger partial charge in [-0.25, -0.2) is 15.0 Å². The van der Waals surface area contributed by atoms with Crippen LogP contribution in [0.4, 0.5) is 17.3 Å². The number of anilines is 3. The van der Waals surface area contributed by atoms with Gasteiger partial charge in [-0.05, 0) is 12.1 Å². The molecule has 8 nitrogen and oxygen atoms in total. The molecule has 0 spiro atoms. The number of imidazole rings is 1. The molecule has 3 rings (SSSR count). The number of hydrogen-bond acceptors (Lipinski definition) is 7. The van der Waals surface area contributed by atoms with Gasteiger partial charge in [0.05, 0.1) is 26.5 Å². The van der Waals surface area contributed by atoms with Gasteiger partial charge in [-0.15, -0.1) is 0 Å². The van der Waals surface area contributed by atoms with Crippen LogP contribution in [0.2, 0.25) is 0 Å². The first-order valence-electron chi connectivity index (χ1n) is 8.09. The zero-order valence-electron chi connectivity index (χ0n) is 15.3. The maximum absolute atomic E-state index is 5.41. The van der Waals surface area contributed by atoms with Crippen LogP contribution in [0.3, 0.4) is 0 Å². The van der Waals surface area contributed by atoms with Gasteiger partial charge < -0.3 is 24.3 Å². The van der Waals surface area contributed by atoms with E-state index < -0.39 is 0 Å². The summed E-state index contributed by atoms with van der Waals surface area (Å²) in [6.07, 6.45) is 5.24. The molecule has 1 aromatic carbocycles. The first kappa shape index (κ1) is 17.5. The maximum atomic E-state index is 5.41. The van der Waals surface area contributed by atoms with Crippen molar-refractivity contribution in [3.05, 3.63) is 48.8 Å². The van der Waals surface area contributed by atoms with Gasteiger partial charge in [0, 0.05) is 38.6 Å². The molecular formula is C18H22N6O2. The van der Waals surface area contributed by atoms with E-state index in [0.717, 1.165) is 23.1 Å². The molecule has 0 aliphatic heterocycles. The van der Waals surface area contributed by atoms with Gasteiger partial charge in [0.1, 0.15) is 35.3 Å². The van der Waals surface area contributed by atoms with E-state index in [1.807, 2.05) is 54.0 Å². The monoisotopic (exact) mass is 354 g/mol. The molecule has 2 heterocycles. The summed E-state index contributed by atoms with van der Waals surface area (Å²) in [6.45, 7) is 0.645. The number of aryl methyl sites for hydroxylation is 1. The van der Waals surface area contributed by atoms with Gasteiger partial charge in [0.2, 0.25) is 0 Å². The van der Waals surface area contributed by atoms with Crippen LogP contribution in [-0.4, -0.2) is 40.8 Å². The molecule has 0 saturated heterocycles. The molecule has 26 heavy (non-hydrogen) atoms. The van der Waals surface area contributed by atoms with Gasteiger partial charge in [-0.1, -0.05) is 0 Å². The predicted octanol–water partition coefficient (Wildman–Crippen LogP) is 2.61. The average Bonchev–Trinajstić information content (AvgIpc) is 3.07. The van der Waals surface area contributed by atoms with Crippen LogP contribution in [-0.2, 0) is 13.6 Å². The molecule has 136 valence electrons. The zero-order chi connectivity index (χ0) is 18.5. The molecule has 2 aromatic heterocycles. The number of methoxy groups -OCH3 is 2. The lowest BCUT2D eigenvalue weighted by Gasteiger charge is -2.18. The number of ether oxygens (including phenoxy) is 2. The molecule has 0 aliphatic carbocycles. The standard InChI is InChI=1S/C18H22N6O2/c1-23-8-7-19-18(23)11-24(2)17-10-16(20-12-21-17)22-14-6-5-13(25-3)9-15(14)26-4/h5-10,12H,11H2,1-4H3,(H,20,21,22). The fourth-order valence-corrected chi connectivity index (χ4v) is 2.51. The van der Waals surface area contributed by atoms with Crippen molar-refractivity contribution in [2.45, 2.75) is 6.54 Å². The van der Waals surface area contributed by atoms with Crippen LogP contribution < -0.4 is 19.7 Å². The number of nitrogens with one attached hydrogen (secondary N) is 1. The second kappa shape index (κ2) is 7.73. The summed E-state index contributed by atoms with van der Waals surface area (Å²) < 4.78 is 12.6. The number of hydrogen-bond donors (Lipinski definition) is 1. The molecule has 3 aromatic rings. The van der Waals surface area contributed by atoms with Crippen LogP contribution in [0, 0.1) is 0 Å². The van der Waals surface area contributed by atoms with Crippen molar-refractivity contribution < 1.29 is 9.47 Å². The summed E-state index contributed by atoms with van der Waals surface area (Å²) in [6, 6.07) is 7.45. The number of nitrogens with zero attached hydrogens (tertiary/aromatic N) is 5. The summed E-state index contributed by atoms with van der Waals surface area (Å²) in [5.41, 5.74) is 0.796. The molecular weight excluding hydrogens is 332 g/mol. The first-order chi connectivity index (χ1) is 12.6. The van der Waals surface area contributed by atoms with Crippen molar-refractivity contribution in [2.24, 2.45) is 7.05 Å². The molecule has 0 atom stereocenters. The van der Waals surface area contributed by atoms with E-state index in [2.05, 4.69) is 20.3 Å². The lowest BCUT2D eigenvalue weighted by Crippen LogP contribution is -2.20. The lowest BCUT2D eigenvalue weighted by atomic mass is 10.2. The van der Waals surface area contributed by atoms with Gasteiger partial charge in [0.25, 0.3) is 0 Å². The van der Waals surface area contributed by atoms with E-state index in [9.17, 15) is 0 Å². The highest BCUT2D eigenvalue weighted by atomic mass is 16.5. The van der Waals surface area contributed by atoms with E-state index in [4.69, 9.17) is 9.47 Å². The third kappa shape index (κ3) is 3.85. The highest BCUT2D eigenvalue weighted by Crippen LogP contribution is 2.31. The Kier molecular flexibility index (Phi) is 5.21. The first-order valence-corrected chi connectivity index (χ1v) is 8.09. The fourth-order valence-electron chi connectivity index (χ4n) is 2.51. The molecule has 0 fully saturated rings. The van der Waals surface area contributed by atoms with Gasteiger partial charge in [-0.3, -0.25) is 0 Å². The van der Waals surface area contributed by atoms with Crippen LogP contribution in [0.5, 0.6) is 11.5 Å². The van der Waals surface area contributed by atoms with Crippen molar-refractivity contribution in [1.82, 2.24) is 19.5 Å². The van der Waals surface area contributed by atoms with Gasteiger partial charge >= 0.3 is 0 Å². The quantitative estimate of drug-likeness (QED) is 0.699. The maximum Gasteiger partial charge on any atom is 0.146 e.